The van der Waals surface area contributed by atoms with Gasteiger partial charge in [-0.2, -0.15) is 0 Å². The van der Waals surface area contributed by atoms with Crippen molar-refractivity contribution in [3.05, 3.63) is 34.9 Å². The molecule has 0 bridgehead atoms. The number of hydrogen-bond donors (Lipinski definition) is 3. The smallest absolute Gasteiger partial charge is 0.408 e. The minimum absolute atomic E-state index is 0.382. The van der Waals surface area contributed by atoms with Gasteiger partial charge in [-0.3, -0.25) is 14.4 Å². The Hall–Kier alpha value is -3.10. The summed E-state index contributed by atoms with van der Waals surface area (Å²) in [5, 5.41) is 5.47. The van der Waals surface area contributed by atoms with Crippen LogP contribution in [0.3, 0.4) is 0 Å². The fourth-order valence-electron chi connectivity index (χ4n) is 3.83. The van der Waals surface area contributed by atoms with Crippen LogP contribution in [0.4, 0.5) is 4.79 Å². The van der Waals surface area contributed by atoms with E-state index in [1.807, 2.05) is 52.8 Å². The first-order chi connectivity index (χ1) is 16.1. The molecule has 1 aromatic carbocycles. The Morgan fingerprint density at radius 3 is 1.94 bits per heavy atom. The lowest BCUT2D eigenvalue weighted by Gasteiger charge is -2.44. The Bertz CT molecular complexity index is 983. The largest absolute Gasteiger partial charge is 0.444 e. The number of hydrogen-bond acceptors (Lipinski definition) is 5. The monoisotopic (exact) mass is 504 g/mol. The van der Waals surface area contributed by atoms with Gasteiger partial charge in [0.15, 0.2) is 0 Å². The van der Waals surface area contributed by atoms with Crippen LogP contribution in [0, 0.1) is 13.8 Å². The summed E-state index contributed by atoms with van der Waals surface area (Å²) < 4.78 is 5.30. The van der Waals surface area contributed by atoms with Crippen LogP contribution in [0.15, 0.2) is 18.2 Å². The van der Waals surface area contributed by atoms with Gasteiger partial charge in [0.1, 0.15) is 17.7 Å². The predicted molar refractivity (Wildman–Crippen MR) is 140 cm³/mol. The maximum absolute atomic E-state index is 14.1. The van der Waals surface area contributed by atoms with Crippen molar-refractivity contribution in [2.24, 2.45) is 5.73 Å². The minimum atomic E-state index is -1.33. The Balaban J connectivity index is 3.69. The van der Waals surface area contributed by atoms with Crippen LogP contribution in [-0.4, -0.2) is 51.4 Å². The number of carbonyl (C=O) groups is 4. The highest BCUT2D eigenvalue weighted by Gasteiger charge is 2.43. The molecular weight excluding hydrogens is 460 g/mol. The number of primary amides is 1. The average Bonchev–Trinajstić information content (AvgIpc) is 2.61. The van der Waals surface area contributed by atoms with Crippen LogP contribution >= 0.6 is 0 Å². The zero-order valence-corrected chi connectivity index (χ0v) is 23.7. The second kappa shape index (κ2) is 11.3. The normalized spacial score (nSPS) is 13.9. The van der Waals surface area contributed by atoms with Crippen molar-refractivity contribution >= 4 is 23.8 Å². The van der Waals surface area contributed by atoms with E-state index in [1.54, 1.807) is 41.5 Å². The molecule has 0 spiro atoms. The predicted octanol–water partition coefficient (Wildman–Crippen LogP) is 3.66. The summed E-state index contributed by atoms with van der Waals surface area (Å²) in [7, 11) is 0. The first-order valence-corrected chi connectivity index (χ1v) is 12.1. The van der Waals surface area contributed by atoms with E-state index in [0.29, 0.717) is 5.56 Å². The number of nitrogens with one attached hydrogen (secondary N) is 2. The molecule has 4 N–H and O–H groups in total. The van der Waals surface area contributed by atoms with E-state index in [4.69, 9.17) is 10.5 Å². The number of alkyl carbamates (subject to hydrolysis) is 1. The Kier molecular flexibility index (Phi) is 9.72. The van der Waals surface area contributed by atoms with E-state index in [0.717, 1.165) is 11.1 Å². The molecule has 0 radical (unpaired) electrons. The number of nitrogens with two attached hydrogens (primary N) is 1. The molecule has 4 amide bonds. The molecular formula is C27H44N4O5. The van der Waals surface area contributed by atoms with Gasteiger partial charge in [0.05, 0.1) is 6.42 Å². The lowest BCUT2D eigenvalue weighted by Crippen LogP contribution is -2.60. The van der Waals surface area contributed by atoms with Gasteiger partial charge in [0.2, 0.25) is 17.7 Å². The zero-order valence-electron chi connectivity index (χ0n) is 23.7. The maximum atomic E-state index is 14.1. The Morgan fingerprint density at radius 2 is 1.53 bits per heavy atom. The van der Waals surface area contributed by atoms with Gasteiger partial charge in [-0.1, -0.05) is 23.8 Å². The van der Waals surface area contributed by atoms with Crippen LogP contribution in [0.2, 0.25) is 0 Å². The van der Waals surface area contributed by atoms with Crippen LogP contribution in [0.25, 0.3) is 0 Å². The van der Waals surface area contributed by atoms with E-state index in [1.165, 1.54) is 4.90 Å². The molecule has 2 unspecified atom stereocenters. The summed E-state index contributed by atoms with van der Waals surface area (Å²) in [6.45, 7) is 19.8. The van der Waals surface area contributed by atoms with Gasteiger partial charge < -0.3 is 26.0 Å². The molecule has 2 atom stereocenters. The lowest BCUT2D eigenvalue weighted by molar-refractivity contribution is -0.149. The van der Waals surface area contributed by atoms with Crippen molar-refractivity contribution in [3.63, 3.8) is 0 Å². The van der Waals surface area contributed by atoms with Crippen molar-refractivity contribution in [1.82, 2.24) is 15.5 Å². The third-order valence-corrected chi connectivity index (χ3v) is 5.08. The number of benzene rings is 1. The van der Waals surface area contributed by atoms with Gasteiger partial charge in [-0.25, -0.2) is 4.79 Å². The van der Waals surface area contributed by atoms with Crippen LogP contribution in [0.1, 0.15) is 91.5 Å². The molecule has 0 aliphatic rings. The molecule has 0 aromatic heterocycles. The molecule has 0 saturated carbocycles. The van der Waals surface area contributed by atoms with E-state index in [2.05, 4.69) is 10.6 Å². The first kappa shape index (κ1) is 30.9. The van der Waals surface area contributed by atoms with Crippen molar-refractivity contribution in [2.45, 2.75) is 111 Å². The second-order valence-corrected chi connectivity index (χ2v) is 12.3. The van der Waals surface area contributed by atoms with Crippen molar-refractivity contribution in [2.75, 3.05) is 0 Å². The molecule has 1 rings (SSSR count). The molecule has 0 aliphatic heterocycles. The topological polar surface area (TPSA) is 131 Å². The van der Waals surface area contributed by atoms with Crippen LogP contribution in [0.5, 0.6) is 0 Å². The fourth-order valence-corrected chi connectivity index (χ4v) is 3.83. The third kappa shape index (κ3) is 9.51. The Labute approximate surface area is 215 Å². The molecule has 0 heterocycles. The molecule has 202 valence electrons. The fraction of sp³-hybridized carbons (Fsp3) is 0.630. The molecule has 9 nitrogen and oxygen atoms in total. The highest BCUT2D eigenvalue weighted by atomic mass is 16.6. The van der Waals surface area contributed by atoms with Gasteiger partial charge in [-0.15, -0.1) is 0 Å². The molecule has 9 heteroatoms. The van der Waals surface area contributed by atoms with Gasteiger partial charge in [0, 0.05) is 11.1 Å². The average molecular weight is 505 g/mol. The molecule has 1 aromatic rings. The second-order valence-electron chi connectivity index (χ2n) is 12.3. The van der Waals surface area contributed by atoms with E-state index in [9.17, 15) is 19.2 Å². The number of rotatable bonds is 7. The Morgan fingerprint density at radius 1 is 0.972 bits per heavy atom. The van der Waals surface area contributed by atoms with Gasteiger partial charge in [-0.05, 0) is 87.3 Å². The van der Waals surface area contributed by atoms with Crippen molar-refractivity contribution in [1.29, 1.82) is 0 Å². The minimum Gasteiger partial charge on any atom is -0.444 e. The number of aryl methyl sites for hydroxylation is 2. The van der Waals surface area contributed by atoms with Crippen molar-refractivity contribution < 1.29 is 23.9 Å². The zero-order chi connectivity index (χ0) is 28.2. The number of carbonyl (C=O) groups excluding carboxylic acids is 4. The lowest BCUT2D eigenvalue weighted by atomic mass is 9.91. The summed E-state index contributed by atoms with van der Waals surface area (Å²) >= 11 is 0. The third-order valence-electron chi connectivity index (χ3n) is 5.08. The van der Waals surface area contributed by atoms with Crippen LogP contribution in [-0.2, 0) is 19.1 Å². The first-order valence-electron chi connectivity index (χ1n) is 12.1. The highest BCUT2D eigenvalue weighted by molar-refractivity contribution is 5.95. The summed E-state index contributed by atoms with van der Waals surface area (Å²) in [6, 6.07) is 3.29. The number of ether oxygens (including phenoxy) is 1. The number of nitrogens with zero attached hydrogens (tertiary/aromatic N) is 1. The quantitative estimate of drug-likeness (QED) is 0.522. The maximum Gasteiger partial charge on any atom is 0.408 e. The van der Waals surface area contributed by atoms with Gasteiger partial charge >= 0.3 is 6.09 Å². The van der Waals surface area contributed by atoms with Crippen molar-refractivity contribution in [3.8, 4) is 0 Å². The van der Waals surface area contributed by atoms with Crippen LogP contribution < -0.4 is 16.4 Å². The van der Waals surface area contributed by atoms with E-state index in [-0.39, 0.29) is 5.91 Å². The molecule has 0 fully saturated rings. The standard InChI is InChI=1S/C27H44N4O5/c1-16-12-13-18(17(2)14-16)21(22(33)30-25(3,4)5)31(26(6,7)8)23(34)19(15-20(28)32)29-24(35)36-27(9,10)11/h12-14,19,21H,15H2,1-11H3,(H2,28,32)(H,29,35)(H,30,33). The van der Waals surface area contributed by atoms with E-state index >= 15 is 0 Å². The molecule has 36 heavy (non-hydrogen) atoms. The summed E-state index contributed by atoms with van der Waals surface area (Å²) in [5.41, 5.74) is 5.66. The van der Waals surface area contributed by atoms with E-state index < -0.39 is 53.1 Å². The SMILES string of the molecule is Cc1ccc(C(C(=O)NC(C)(C)C)N(C(=O)C(CC(N)=O)NC(=O)OC(C)(C)C)C(C)(C)C)c(C)c1. The molecule has 0 saturated heterocycles. The summed E-state index contributed by atoms with van der Waals surface area (Å²) in [4.78, 5) is 53.6. The highest BCUT2D eigenvalue weighted by Crippen LogP contribution is 2.33. The molecule has 0 aliphatic carbocycles. The summed E-state index contributed by atoms with van der Waals surface area (Å²) in [5.74, 6) is -1.78. The van der Waals surface area contributed by atoms with Gasteiger partial charge in [0.25, 0.3) is 0 Å². The summed E-state index contributed by atoms with van der Waals surface area (Å²) in [6.07, 6.45) is -1.32. The number of amides is 4.